The number of carbonyl (C=O) groups excluding carboxylic acids is 2. The fourth-order valence-electron chi connectivity index (χ4n) is 5.84. The molecule has 3 fully saturated rings. The first kappa shape index (κ1) is 25.6. The molecule has 1 aromatic rings. The summed E-state index contributed by atoms with van der Waals surface area (Å²) >= 11 is 6.45. The fraction of sp³-hybridized carbons (Fsp3) is 0.692. The maximum atomic E-state index is 12.9. The Morgan fingerprint density at radius 1 is 1.00 bits per heavy atom. The van der Waals surface area contributed by atoms with E-state index in [1.54, 1.807) is 0 Å². The van der Waals surface area contributed by atoms with Crippen molar-refractivity contribution in [2.75, 3.05) is 31.1 Å². The number of nitrogens with zero attached hydrogens (tertiary/aromatic N) is 2. The maximum absolute atomic E-state index is 12.9. The number of rotatable bonds is 6. The Labute approximate surface area is 208 Å². The fourth-order valence-corrected chi connectivity index (χ4v) is 7.60. The SMILES string of the molecule is Cc1c(CC(=O)C2CCS(=O)(=O)CC2)cc(Cl)cc1CN1CCN(C(=O)C2CCCC2)[C@@H](C)C1. The molecule has 0 N–H and O–H groups in total. The number of piperazine rings is 1. The molecule has 0 bridgehead atoms. The van der Waals surface area contributed by atoms with Crippen LogP contribution in [0, 0.1) is 18.8 Å². The van der Waals surface area contributed by atoms with E-state index in [0.29, 0.717) is 30.2 Å². The topological polar surface area (TPSA) is 74.8 Å². The Morgan fingerprint density at radius 3 is 2.29 bits per heavy atom. The first-order valence-corrected chi connectivity index (χ1v) is 14.9. The highest BCUT2D eigenvalue weighted by atomic mass is 35.5. The van der Waals surface area contributed by atoms with Crippen LogP contribution in [0.2, 0.25) is 5.02 Å². The summed E-state index contributed by atoms with van der Waals surface area (Å²) in [5, 5.41) is 0.623. The van der Waals surface area contributed by atoms with Crippen LogP contribution in [0.15, 0.2) is 12.1 Å². The second-order valence-electron chi connectivity index (χ2n) is 10.5. The molecule has 0 spiro atoms. The van der Waals surface area contributed by atoms with Crippen molar-refractivity contribution in [1.29, 1.82) is 0 Å². The number of carbonyl (C=O) groups is 2. The van der Waals surface area contributed by atoms with Crippen LogP contribution < -0.4 is 0 Å². The zero-order valence-corrected chi connectivity index (χ0v) is 22.0. The van der Waals surface area contributed by atoms with Crippen molar-refractivity contribution in [3.05, 3.63) is 33.8 Å². The van der Waals surface area contributed by atoms with E-state index < -0.39 is 9.84 Å². The lowest BCUT2D eigenvalue weighted by Gasteiger charge is -2.41. The second-order valence-corrected chi connectivity index (χ2v) is 13.3. The molecule has 1 saturated carbocycles. The monoisotopic (exact) mass is 508 g/mol. The van der Waals surface area contributed by atoms with Gasteiger partial charge in [0.05, 0.1) is 11.5 Å². The van der Waals surface area contributed by atoms with Gasteiger partial charge >= 0.3 is 0 Å². The van der Waals surface area contributed by atoms with Gasteiger partial charge in [-0.3, -0.25) is 14.5 Å². The Kier molecular flexibility index (Phi) is 8.05. The molecule has 2 saturated heterocycles. The second kappa shape index (κ2) is 10.7. The molecule has 1 aliphatic carbocycles. The molecule has 0 radical (unpaired) electrons. The first-order chi connectivity index (χ1) is 16.1. The van der Waals surface area contributed by atoms with Gasteiger partial charge in [0.25, 0.3) is 0 Å². The standard InChI is InChI=1S/C26H37ClN2O4S/c1-18-16-28(9-10-29(18)26(31)21-5-3-4-6-21)17-23-14-24(27)13-22(19(23)2)15-25(30)20-7-11-34(32,33)12-8-20/h13-14,18,20-21H,3-12,15-17H2,1-2H3/t18-/m0/s1. The van der Waals surface area contributed by atoms with Gasteiger partial charge in [-0.1, -0.05) is 24.4 Å². The summed E-state index contributed by atoms with van der Waals surface area (Å²) in [5.74, 6) is 0.691. The van der Waals surface area contributed by atoms with Crippen molar-refractivity contribution in [3.63, 3.8) is 0 Å². The molecule has 0 aromatic heterocycles. The van der Waals surface area contributed by atoms with Crippen LogP contribution in [-0.2, 0) is 32.4 Å². The smallest absolute Gasteiger partial charge is 0.226 e. The number of ketones is 1. The number of hydrogen-bond donors (Lipinski definition) is 0. The molecule has 188 valence electrons. The molecule has 1 amide bonds. The van der Waals surface area contributed by atoms with Crippen molar-refractivity contribution in [1.82, 2.24) is 9.80 Å². The van der Waals surface area contributed by atoms with Gasteiger partial charge in [-0.25, -0.2) is 8.42 Å². The molecule has 34 heavy (non-hydrogen) atoms. The van der Waals surface area contributed by atoms with Gasteiger partial charge in [0.2, 0.25) is 5.91 Å². The van der Waals surface area contributed by atoms with Crippen LogP contribution in [0.5, 0.6) is 0 Å². The van der Waals surface area contributed by atoms with Gasteiger partial charge in [-0.2, -0.15) is 0 Å². The van der Waals surface area contributed by atoms with Crippen molar-refractivity contribution in [2.24, 2.45) is 11.8 Å². The number of halogens is 1. The summed E-state index contributed by atoms with van der Waals surface area (Å²) in [6.45, 7) is 7.34. The van der Waals surface area contributed by atoms with E-state index in [0.717, 1.165) is 55.7 Å². The molecular weight excluding hydrogens is 472 g/mol. The molecule has 2 aliphatic heterocycles. The average molecular weight is 509 g/mol. The van der Waals surface area contributed by atoms with Gasteiger partial charge in [0, 0.05) is 55.5 Å². The molecular formula is C26H37ClN2O4S. The van der Waals surface area contributed by atoms with E-state index in [-0.39, 0.29) is 35.2 Å². The summed E-state index contributed by atoms with van der Waals surface area (Å²) in [4.78, 5) is 30.3. The summed E-state index contributed by atoms with van der Waals surface area (Å²) in [6.07, 6.45) is 5.55. The van der Waals surface area contributed by atoms with Crippen LogP contribution in [0.3, 0.4) is 0 Å². The molecule has 6 nitrogen and oxygen atoms in total. The molecule has 1 atom stereocenters. The minimum atomic E-state index is -2.98. The lowest BCUT2D eigenvalue weighted by molar-refractivity contribution is -0.140. The number of Topliss-reactive ketones (excluding diaryl/α,β-unsaturated/α-hetero) is 1. The lowest BCUT2D eigenvalue weighted by atomic mass is 9.90. The third kappa shape index (κ3) is 6.03. The Bertz CT molecular complexity index is 1020. The third-order valence-electron chi connectivity index (χ3n) is 8.06. The van der Waals surface area contributed by atoms with Gasteiger partial charge in [0.15, 0.2) is 0 Å². The lowest BCUT2D eigenvalue weighted by Crippen LogP contribution is -2.54. The largest absolute Gasteiger partial charge is 0.337 e. The minimum Gasteiger partial charge on any atom is -0.337 e. The number of benzene rings is 1. The van der Waals surface area contributed by atoms with E-state index in [9.17, 15) is 18.0 Å². The predicted molar refractivity (Wildman–Crippen MR) is 135 cm³/mol. The van der Waals surface area contributed by atoms with E-state index >= 15 is 0 Å². The Morgan fingerprint density at radius 2 is 1.65 bits per heavy atom. The summed E-state index contributed by atoms with van der Waals surface area (Å²) in [6, 6.07) is 4.04. The average Bonchev–Trinajstić information content (AvgIpc) is 3.31. The minimum absolute atomic E-state index is 0.108. The predicted octanol–water partition coefficient (Wildman–Crippen LogP) is 3.81. The van der Waals surface area contributed by atoms with E-state index in [2.05, 4.69) is 16.7 Å². The Hall–Kier alpha value is -1.44. The summed E-state index contributed by atoms with van der Waals surface area (Å²) in [5.41, 5.74) is 3.13. The number of sulfone groups is 1. The van der Waals surface area contributed by atoms with Crippen molar-refractivity contribution < 1.29 is 18.0 Å². The number of amides is 1. The van der Waals surface area contributed by atoms with Gasteiger partial charge in [-0.15, -0.1) is 0 Å². The summed E-state index contributed by atoms with van der Waals surface area (Å²) < 4.78 is 23.4. The molecule has 8 heteroatoms. The molecule has 0 unspecified atom stereocenters. The quantitative estimate of drug-likeness (QED) is 0.584. The van der Waals surface area contributed by atoms with Gasteiger partial charge in [0.1, 0.15) is 15.6 Å². The van der Waals surface area contributed by atoms with Gasteiger partial charge in [-0.05, 0) is 68.4 Å². The van der Waals surface area contributed by atoms with Crippen molar-refractivity contribution >= 4 is 33.1 Å². The molecule has 4 rings (SSSR count). The molecule has 1 aromatic carbocycles. The molecule has 3 aliphatic rings. The number of hydrogen-bond acceptors (Lipinski definition) is 5. The zero-order valence-electron chi connectivity index (χ0n) is 20.4. The normalized spacial score (nSPS) is 24.4. The summed E-state index contributed by atoms with van der Waals surface area (Å²) in [7, 11) is -2.98. The van der Waals surface area contributed by atoms with Crippen LogP contribution in [0.1, 0.15) is 62.1 Å². The van der Waals surface area contributed by atoms with Crippen LogP contribution in [-0.4, -0.2) is 67.1 Å². The van der Waals surface area contributed by atoms with Crippen LogP contribution in [0.4, 0.5) is 0 Å². The van der Waals surface area contributed by atoms with Crippen molar-refractivity contribution in [2.45, 2.75) is 71.4 Å². The Balaban J connectivity index is 1.38. The molecule has 2 heterocycles. The van der Waals surface area contributed by atoms with Crippen LogP contribution in [0.25, 0.3) is 0 Å². The van der Waals surface area contributed by atoms with Gasteiger partial charge < -0.3 is 4.90 Å². The van der Waals surface area contributed by atoms with Crippen molar-refractivity contribution in [3.8, 4) is 0 Å². The zero-order chi connectivity index (χ0) is 24.5. The highest BCUT2D eigenvalue weighted by Crippen LogP contribution is 2.29. The third-order valence-corrected chi connectivity index (χ3v) is 9.99. The van der Waals surface area contributed by atoms with E-state index in [1.807, 2.05) is 19.1 Å². The highest BCUT2D eigenvalue weighted by molar-refractivity contribution is 7.91. The van der Waals surface area contributed by atoms with Crippen LogP contribution >= 0.6 is 11.6 Å². The highest BCUT2D eigenvalue weighted by Gasteiger charge is 2.33. The maximum Gasteiger partial charge on any atom is 0.226 e. The first-order valence-electron chi connectivity index (χ1n) is 12.7. The van der Waals surface area contributed by atoms with E-state index in [4.69, 9.17) is 11.6 Å². The van der Waals surface area contributed by atoms with E-state index in [1.165, 1.54) is 12.8 Å².